The zero-order valence-electron chi connectivity index (χ0n) is 60.4. The maximum absolute atomic E-state index is 13.5. The second kappa shape index (κ2) is 58.7. The SMILES string of the molecule is CCCCCCCCCC/C=C\CCCCCCCCCCCCCCCC(=O)NC(COC1OC(CO)C(OC2OC(CO)C(OC3OC(CO)C(O)C(O)C3O)C(O)C2O)C(O)C1O)C(O)/C=C/CCCCCCCCCCCCCCCCCCCCCCCCCC. The Kier molecular flexibility index (Phi) is 54.1. The van der Waals surface area contributed by atoms with Gasteiger partial charge in [0.05, 0.1) is 38.6 Å². The molecule has 96 heavy (non-hydrogen) atoms. The summed E-state index contributed by atoms with van der Waals surface area (Å²) >= 11 is 0. The normalized spacial score (nSPS) is 27.1. The molecule has 17 unspecified atom stereocenters. The highest BCUT2D eigenvalue weighted by Gasteiger charge is 2.53. The van der Waals surface area contributed by atoms with Crippen molar-refractivity contribution in [2.45, 2.75) is 433 Å². The first-order valence-corrected chi connectivity index (χ1v) is 39.6. The average molecular weight is 1370 g/mol. The minimum atomic E-state index is -1.98. The minimum absolute atomic E-state index is 0.247. The van der Waals surface area contributed by atoms with Gasteiger partial charge in [-0.15, -0.1) is 0 Å². The smallest absolute Gasteiger partial charge is 0.220 e. The first kappa shape index (κ1) is 88.5. The first-order chi connectivity index (χ1) is 46.8. The van der Waals surface area contributed by atoms with Crippen molar-refractivity contribution in [3.8, 4) is 0 Å². The maximum atomic E-state index is 13.5. The van der Waals surface area contributed by atoms with Gasteiger partial charge in [0, 0.05) is 6.42 Å². The van der Waals surface area contributed by atoms with Gasteiger partial charge in [-0.1, -0.05) is 301 Å². The number of carbonyl (C=O) groups excluding carboxylic acids is 1. The summed E-state index contributed by atoms with van der Waals surface area (Å²) in [7, 11) is 0. The Hall–Kier alpha value is -1.73. The molecule has 3 aliphatic rings. The van der Waals surface area contributed by atoms with Crippen molar-refractivity contribution in [1.29, 1.82) is 0 Å². The summed E-state index contributed by atoms with van der Waals surface area (Å²) in [6.07, 6.45) is 43.0. The summed E-state index contributed by atoms with van der Waals surface area (Å²) in [6.45, 7) is 1.79. The number of unbranched alkanes of at least 4 members (excludes halogenated alkanes) is 45. The van der Waals surface area contributed by atoms with E-state index in [9.17, 15) is 61.0 Å². The lowest BCUT2D eigenvalue weighted by Gasteiger charge is -2.48. The molecule has 0 bridgehead atoms. The van der Waals surface area contributed by atoms with Gasteiger partial charge in [0.25, 0.3) is 0 Å². The molecule has 0 saturated carbocycles. The highest BCUT2D eigenvalue weighted by molar-refractivity contribution is 5.76. The van der Waals surface area contributed by atoms with Crippen LogP contribution in [0.4, 0.5) is 0 Å². The summed E-state index contributed by atoms with van der Waals surface area (Å²) in [6, 6.07) is -0.973. The third-order valence-corrected chi connectivity index (χ3v) is 20.0. The molecule has 3 rings (SSSR count). The zero-order chi connectivity index (χ0) is 69.6. The molecule has 3 aliphatic heterocycles. The molecule has 1 amide bonds. The van der Waals surface area contributed by atoms with E-state index in [1.807, 2.05) is 6.08 Å². The molecular formula is C77H145NO18. The lowest BCUT2D eigenvalue weighted by molar-refractivity contribution is -0.379. The largest absolute Gasteiger partial charge is 0.394 e. The Bertz CT molecular complexity index is 1830. The van der Waals surface area contributed by atoms with Crippen LogP contribution in [-0.4, -0.2) is 193 Å². The number of carbonyl (C=O) groups is 1. The number of amides is 1. The molecule has 19 heteroatoms. The van der Waals surface area contributed by atoms with Crippen LogP contribution in [0.25, 0.3) is 0 Å². The van der Waals surface area contributed by atoms with Gasteiger partial charge >= 0.3 is 0 Å². The molecule has 3 saturated heterocycles. The Morgan fingerprint density at radius 3 is 1.01 bits per heavy atom. The molecule has 0 aliphatic carbocycles. The second-order valence-electron chi connectivity index (χ2n) is 28.5. The van der Waals surface area contributed by atoms with Crippen LogP contribution in [0, 0.1) is 0 Å². The number of ether oxygens (including phenoxy) is 6. The van der Waals surface area contributed by atoms with Crippen molar-refractivity contribution in [1.82, 2.24) is 5.32 Å². The van der Waals surface area contributed by atoms with Crippen molar-refractivity contribution in [3.63, 3.8) is 0 Å². The van der Waals surface area contributed by atoms with Crippen molar-refractivity contribution in [3.05, 3.63) is 24.3 Å². The monoisotopic (exact) mass is 1370 g/mol. The van der Waals surface area contributed by atoms with E-state index < -0.39 is 124 Å². The van der Waals surface area contributed by atoms with Crippen LogP contribution in [0.5, 0.6) is 0 Å². The molecule has 0 aromatic carbocycles. The summed E-state index contributed by atoms with van der Waals surface area (Å²) in [5, 5.41) is 121. The molecule has 19 nitrogen and oxygen atoms in total. The van der Waals surface area contributed by atoms with Gasteiger partial charge in [0.2, 0.25) is 5.91 Å². The van der Waals surface area contributed by atoms with Crippen molar-refractivity contribution in [2.75, 3.05) is 26.4 Å². The topological polar surface area (TPSA) is 307 Å². The minimum Gasteiger partial charge on any atom is -0.394 e. The average Bonchev–Trinajstić information content (AvgIpc) is 0.788. The van der Waals surface area contributed by atoms with Crippen LogP contribution in [0.1, 0.15) is 328 Å². The predicted molar refractivity (Wildman–Crippen MR) is 379 cm³/mol. The fraction of sp³-hybridized carbons (Fsp3) is 0.935. The van der Waals surface area contributed by atoms with Crippen molar-refractivity contribution in [2.24, 2.45) is 0 Å². The number of aliphatic hydroxyl groups is 11. The number of nitrogens with one attached hydrogen (secondary N) is 1. The Labute approximate surface area is 581 Å². The standard InChI is InChI=1S/C77H145NO18/c1-3-5-7-9-11-13-15-17-19-21-23-25-27-29-31-32-34-36-38-40-42-44-46-48-50-52-54-61(82)60(78-65(83)55-53-51-49-47-45-43-41-39-37-35-33-30-28-26-24-22-20-18-16-14-12-10-8-6-4-2)59-91-75-71(89)68(86)73(63(57-80)93-75)96-77-72(90)69(87)74(64(58-81)94-77)95-76-70(88)67(85)66(84)62(56-79)92-76/h22,24,52,54,60-64,66-77,79-82,84-90H,3-21,23,25-51,53,55-59H2,1-2H3,(H,78,83)/b24-22-,54-52+. The van der Waals surface area contributed by atoms with Crippen LogP contribution in [0.3, 0.4) is 0 Å². The third-order valence-electron chi connectivity index (χ3n) is 20.0. The van der Waals surface area contributed by atoms with E-state index in [0.717, 1.165) is 44.9 Å². The van der Waals surface area contributed by atoms with E-state index in [1.54, 1.807) is 6.08 Å². The van der Waals surface area contributed by atoms with Gasteiger partial charge < -0.3 is 89.9 Å². The van der Waals surface area contributed by atoms with Crippen molar-refractivity contribution < 1.29 is 89.4 Å². The Balaban J connectivity index is 1.39. The molecule has 0 radical (unpaired) electrons. The third kappa shape index (κ3) is 39.1. The van der Waals surface area contributed by atoms with Gasteiger partial charge in [-0.25, -0.2) is 0 Å². The van der Waals surface area contributed by atoms with Gasteiger partial charge in [-0.2, -0.15) is 0 Å². The molecule has 3 fully saturated rings. The van der Waals surface area contributed by atoms with Gasteiger partial charge in [-0.3, -0.25) is 4.79 Å². The fourth-order valence-corrected chi connectivity index (χ4v) is 13.6. The fourth-order valence-electron chi connectivity index (χ4n) is 13.6. The lowest BCUT2D eigenvalue weighted by atomic mass is 9.96. The molecule has 0 spiro atoms. The highest BCUT2D eigenvalue weighted by Crippen LogP contribution is 2.33. The number of hydrogen-bond acceptors (Lipinski definition) is 18. The lowest BCUT2D eigenvalue weighted by Crippen LogP contribution is -2.66. The second-order valence-corrected chi connectivity index (χ2v) is 28.5. The number of rotatable bonds is 63. The molecular weight excluding hydrogens is 1230 g/mol. The molecule has 3 heterocycles. The van der Waals surface area contributed by atoms with Gasteiger partial charge in [0.15, 0.2) is 18.9 Å². The van der Waals surface area contributed by atoms with E-state index in [-0.39, 0.29) is 18.9 Å². The number of allylic oxidation sites excluding steroid dienone is 3. The molecule has 566 valence electrons. The molecule has 12 N–H and O–H groups in total. The number of hydrogen-bond donors (Lipinski definition) is 12. The summed E-state index contributed by atoms with van der Waals surface area (Å²) in [5.74, 6) is -0.270. The predicted octanol–water partition coefficient (Wildman–Crippen LogP) is 12.6. The first-order valence-electron chi connectivity index (χ1n) is 39.6. The summed E-state index contributed by atoms with van der Waals surface area (Å²) in [4.78, 5) is 13.5. The number of aliphatic hydroxyl groups excluding tert-OH is 11. The highest BCUT2D eigenvalue weighted by atomic mass is 16.8. The van der Waals surface area contributed by atoms with Crippen molar-refractivity contribution >= 4 is 5.91 Å². The maximum Gasteiger partial charge on any atom is 0.220 e. The van der Waals surface area contributed by atoms with Crippen LogP contribution in [0.2, 0.25) is 0 Å². The van der Waals surface area contributed by atoms with E-state index in [1.165, 1.54) is 257 Å². The van der Waals surface area contributed by atoms with Crippen LogP contribution in [-0.2, 0) is 33.2 Å². The van der Waals surface area contributed by atoms with E-state index in [2.05, 4.69) is 31.3 Å². The Morgan fingerprint density at radius 2 is 0.656 bits per heavy atom. The van der Waals surface area contributed by atoms with Crippen LogP contribution < -0.4 is 5.32 Å². The van der Waals surface area contributed by atoms with Gasteiger partial charge in [-0.05, 0) is 44.9 Å². The van der Waals surface area contributed by atoms with Gasteiger partial charge in [0.1, 0.15) is 73.2 Å². The molecule has 0 aromatic heterocycles. The van der Waals surface area contributed by atoms with Crippen LogP contribution >= 0.6 is 0 Å². The van der Waals surface area contributed by atoms with E-state index >= 15 is 0 Å². The van der Waals surface area contributed by atoms with E-state index in [4.69, 9.17) is 28.4 Å². The molecule has 0 aromatic rings. The zero-order valence-corrected chi connectivity index (χ0v) is 60.4. The quantitative estimate of drug-likeness (QED) is 0.0199. The Morgan fingerprint density at radius 1 is 0.365 bits per heavy atom. The molecule has 17 atom stereocenters. The summed E-state index contributed by atoms with van der Waals surface area (Å²) < 4.78 is 34.5. The van der Waals surface area contributed by atoms with Crippen LogP contribution in [0.15, 0.2) is 24.3 Å². The summed E-state index contributed by atoms with van der Waals surface area (Å²) in [5.41, 5.74) is 0. The van der Waals surface area contributed by atoms with E-state index in [0.29, 0.717) is 6.42 Å².